The maximum Gasteiger partial charge on any atom is 0.0790 e. The second-order valence-electron chi connectivity index (χ2n) is 7.12. The Morgan fingerprint density at radius 3 is 2.28 bits per heavy atom. The quantitative estimate of drug-likeness (QED) is 0.814. The van der Waals surface area contributed by atoms with Crippen molar-refractivity contribution in [3.8, 4) is 0 Å². The third-order valence-corrected chi connectivity index (χ3v) is 4.65. The Morgan fingerprint density at radius 2 is 1.78 bits per heavy atom. The van der Waals surface area contributed by atoms with E-state index in [-0.39, 0.29) is 11.2 Å². The smallest absolute Gasteiger partial charge is 0.0790 e. The SMILES string of the molecule is CCNC1C(CN(C)C2CC2)C(C)(C)OC1(C)C. The van der Waals surface area contributed by atoms with Crippen molar-refractivity contribution < 1.29 is 4.74 Å². The highest BCUT2D eigenvalue weighted by Crippen LogP contribution is 2.43. The summed E-state index contributed by atoms with van der Waals surface area (Å²) in [6, 6.07) is 1.27. The molecule has 1 aliphatic carbocycles. The van der Waals surface area contributed by atoms with Crippen LogP contribution in [0.1, 0.15) is 47.5 Å². The summed E-state index contributed by atoms with van der Waals surface area (Å²) in [5.41, 5.74) is -0.117. The first-order chi connectivity index (χ1) is 8.28. The van der Waals surface area contributed by atoms with Gasteiger partial charge in [0.2, 0.25) is 0 Å². The fourth-order valence-corrected chi connectivity index (χ4v) is 3.61. The van der Waals surface area contributed by atoms with E-state index in [1.807, 2.05) is 0 Å². The average Bonchev–Trinajstić information content (AvgIpc) is 3.01. The van der Waals surface area contributed by atoms with Crippen LogP contribution in [0.5, 0.6) is 0 Å². The Morgan fingerprint density at radius 1 is 1.17 bits per heavy atom. The maximum atomic E-state index is 6.33. The summed E-state index contributed by atoms with van der Waals surface area (Å²) in [4.78, 5) is 2.53. The van der Waals surface area contributed by atoms with E-state index in [2.05, 4.69) is 51.9 Å². The standard InChI is InChI=1S/C15H30N2O/c1-7-16-13-12(10-17(6)11-8-9-11)14(2,3)18-15(13,4)5/h11-13,16H,7-10H2,1-6H3. The highest BCUT2D eigenvalue weighted by atomic mass is 16.5. The highest BCUT2D eigenvalue weighted by Gasteiger charge is 2.53. The molecule has 1 heterocycles. The Hall–Kier alpha value is -0.120. The van der Waals surface area contributed by atoms with Gasteiger partial charge in [-0.2, -0.15) is 0 Å². The molecular weight excluding hydrogens is 224 g/mol. The van der Waals surface area contributed by atoms with Crippen molar-refractivity contribution in [2.24, 2.45) is 5.92 Å². The molecule has 1 saturated carbocycles. The molecule has 3 heteroatoms. The predicted octanol–water partition coefficient (Wildman–Crippen LogP) is 2.26. The van der Waals surface area contributed by atoms with Crippen LogP contribution in [0.25, 0.3) is 0 Å². The largest absolute Gasteiger partial charge is 0.368 e. The van der Waals surface area contributed by atoms with Gasteiger partial charge in [-0.1, -0.05) is 6.92 Å². The third-order valence-electron chi connectivity index (χ3n) is 4.65. The summed E-state index contributed by atoms with van der Waals surface area (Å²) in [7, 11) is 2.27. The first-order valence-corrected chi connectivity index (χ1v) is 7.41. The van der Waals surface area contributed by atoms with E-state index in [9.17, 15) is 0 Å². The number of rotatable bonds is 5. The van der Waals surface area contributed by atoms with Gasteiger partial charge in [-0.3, -0.25) is 0 Å². The van der Waals surface area contributed by atoms with Gasteiger partial charge in [-0.25, -0.2) is 0 Å². The minimum atomic E-state index is -0.0748. The lowest BCUT2D eigenvalue weighted by molar-refractivity contribution is -0.0793. The molecule has 2 rings (SSSR count). The van der Waals surface area contributed by atoms with Crippen LogP contribution in [0.15, 0.2) is 0 Å². The van der Waals surface area contributed by atoms with Gasteiger partial charge in [0.05, 0.1) is 11.2 Å². The lowest BCUT2D eigenvalue weighted by Gasteiger charge is -2.33. The topological polar surface area (TPSA) is 24.5 Å². The van der Waals surface area contributed by atoms with Gasteiger partial charge in [0.1, 0.15) is 0 Å². The molecule has 0 aromatic rings. The monoisotopic (exact) mass is 254 g/mol. The zero-order chi connectivity index (χ0) is 13.6. The minimum Gasteiger partial charge on any atom is -0.368 e. The average molecular weight is 254 g/mol. The van der Waals surface area contributed by atoms with Crippen molar-refractivity contribution in [2.45, 2.75) is 70.7 Å². The Labute approximate surface area is 112 Å². The van der Waals surface area contributed by atoms with Crippen LogP contribution in [-0.4, -0.2) is 48.3 Å². The number of hydrogen-bond acceptors (Lipinski definition) is 3. The summed E-state index contributed by atoms with van der Waals surface area (Å²) in [5, 5.41) is 3.65. The van der Waals surface area contributed by atoms with E-state index in [1.165, 1.54) is 12.8 Å². The van der Waals surface area contributed by atoms with Gasteiger partial charge in [0.15, 0.2) is 0 Å². The van der Waals surface area contributed by atoms with Crippen LogP contribution in [0.2, 0.25) is 0 Å². The Bertz CT molecular complexity index is 297. The van der Waals surface area contributed by atoms with Crippen molar-refractivity contribution in [1.29, 1.82) is 0 Å². The normalized spacial score (nSPS) is 34.2. The third kappa shape index (κ3) is 2.73. The van der Waals surface area contributed by atoms with Gasteiger partial charge in [-0.15, -0.1) is 0 Å². The van der Waals surface area contributed by atoms with E-state index in [4.69, 9.17) is 4.74 Å². The Kier molecular flexibility index (Phi) is 3.79. The number of nitrogens with one attached hydrogen (secondary N) is 1. The fraction of sp³-hybridized carbons (Fsp3) is 1.00. The van der Waals surface area contributed by atoms with Crippen molar-refractivity contribution in [3.05, 3.63) is 0 Å². The van der Waals surface area contributed by atoms with Gasteiger partial charge in [0, 0.05) is 24.5 Å². The second kappa shape index (κ2) is 4.77. The van der Waals surface area contributed by atoms with Crippen molar-refractivity contribution in [1.82, 2.24) is 10.2 Å². The lowest BCUT2D eigenvalue weighted by atomic mass is 9.82. The first-order valence-electron chi connectivity index (χ1n) is 7.41. The Balaban J connectivity index is 2.11. The van der Waals surface area contributed by atoms with E-state index in [0.29, 0.717) is 12.0 Å². The minimum absolute atomic E-state index is 0.0422. The number of ether oxygens (including phenoxy) is 1. The summed E-state index contributed by atoms with van der Waals surface area (Å²) >= 11 is 0. The van der Waals surface area contributed by atoms with Crippen LogP contribution in [0, 0.1) is 5.92 Å². The molecule has 1 aliphatic heterocycles. The lowest BCUT2D eigenvalue weighted by Crippen LogP contribution is -2.50. The van der Waals surface area contributed by atoms with Crippen molar-refractivity contribution in [3.63, 3.8) is 0 Å². The molecule has 2 atom stereocenters. The molecule has 0 aromatic heterocycles. The molecule has 18 heavy (non-hydrogen) atoms. The van der Waals surface area contributed by atoms with Crippen molar-refractivity contribution >= 4 is 0 Å². The first kappa shape index (κ1) is 14.3. The van der Waals surface area contributed by atoms with Gasteiger partial charge < -0.3 is 15.0 Å². The molecule has 2 aliphatic rings. The van der Waals surface area contributed by atoms with Crippen LogP contribution in [0.3, 0.4) is 0 Å². The molecule has 2 unspecified atom stereocenters. The van der Waals surface area contributed by atoms with Gasteiger partial charge in [-0.05, 0) is 54.1 Å². The van der Waals surface area contributed by atoms with E-state index < -0.39 is 0 Å². The summed E-state index contributed by atoms with van der Waals surface area (Å²) in [6.07, 6.45) is 2.75. The second-order valence-corrected chi connectivity index (χ2v) is 7.12. The summed E-state index contributed by atoms with van der Waals surface area (Å²) < 4.78 is 6.33. The van der Waals surface area contributed by atoms with Gasteiger partial charge >= 0.3 is 0 Å². The zero-order valence-corrected chi connectivity index (χ0v) is 12.9. The molecule has 1 saturated heterocycles. The summed E-state index contributed by atoms with van der Waals surface area (Å²) in [6.45, 7) is 13.3. The van der Waals surface area contributed by atoms with Crippen LogP contribution >= 0.6 is 0 Å². The number of likely N-dealkylation sites (N-methyl/N-ethyl adjacent to an activating group) is 1. The van der Waals surface area contributed by atoms with E-state index in [0.717, 1.165) is 19.1 Å². The molecular formula is C15H30N2O. The molecule has 0 amide bonds. The predicted molar refractivity (Wildman–Crippen MR) is 75.8 cm³/mol. The van der Waals surface area contributed by atoms with Crippen LogP contribution in [-0.2, 0) is 4.74 Å². The molecule has 1 N–H and O–H groups in total. The molecule has 0 radical (unpaired) electrons. The zero-order valence-electron chi connectivity index (χ0n) is 12.9. The molecule has 106 valence electrons. The molecule has 3 nitrogen and oxygen atoms in total. The van der Waals surface area contributed by atoms with Gasteiger partial charge in [0.25, 0.3) is 0 Å². The molecule has 0 bridgehead atoms. The van der Waals surface area contributed by atoms with Crippen molar-refractivity contribution in [2.75, 3.05) is 20.1 Å². The van der Waals surface area contributed by atoms with E-state index in [1.54, 1.807) is 0 Å². The van der Waals surface area contributed by atoms with E-state index >= 15 is 0 Å². The molecule has 2 fully saturated rings. The maximum absolute atomic E-state index is 6.33. The number of hydrogen-bond donors (Lipinski definition) is 1. The molecule has 0 aromatic carbocycles. The highest BCUT2D eigenvalue weighted by molar-refractivity contribution is 5.06. The summed E-state index contributed by atoms with van der Waals surface area (Å²) in [5.74, 6) is 0.554. The number of nitrogens with zero attached hydrogens (tertiary/aromatic N) is 1. The van der Waals surface area contributed by atoms with Crippen LogP contribution in [0.4, 0.5) is 0 Å². The molecule has 0 spiro atoms. The fourth-order valence-electron chi connectivity index (χ4n) is 3.61. The van der Waals surface area contributed by atoms with Crippen LogP contribution < -0.4 is 5.32 Å².